The normalized spacial score (nSPS) is 22.3. The SMILES string of the molecule is CN1c2ccc(F)cc2N(CC(=O)NCC2CCCO2)S1(=O)=O. The van der Waals surface area contributed by atoms with E-state index in [9.17, 15) is 17.6 Å². The monoisotopic (exact) mass is 343 g/mol. The van der Waals surface area contributed by atoms with Crippen molar-refractivity contribution in [3.05, 3.63) is 24.0 Å². The van der Waals surface area contributed by atoms with Gasteiger partial charge in [0.05, 0.1) is 17.5 Å². The van der Waals surface area contributed by atoms with Crippen LogP contribution in [0, 0.1) is 5.82 Å². The van der Waals surface area contributed by atoms with Crippen LogP contribution in [0.2, 0.25) is 0 Å². The number of hydrogen-bond acceptors (Lipinski definition) is 4. The van der Waals surface area contributed by atoms with E-state index in [-0.39, 0.29) is 11.8 Å². The molecule has 1 aromatic carbocycles. The van der Waals surface area contributed by atoms with Gasteiger partial charge in [-0.2, -0.15) is 8.42 Å². The summed E-state index contributed by atoms with van der Waals surface area (Å²) in [6, 6.07) is 3.68. The van der Waals surface area contributed by atoms with E-state index < -0.39 is 28.5 Å². The Hall–Kier alpha value is -1.87. The van der Waals surface area contributed by atoms with Crippen LogP contribution >= 0.6 is 0 Å². The Morgan fingerprint density at radius 3 is 2.91 bits per heavy atom. The molecule has 0 saturated carbocycles. The zero-order valence-corrected chi connectivity index (χ0v) is 13.5. The maximum Gasteiger partial charge on any atom is 0.326 e. The molecule has 7 nitrogen and oxygen atoms in total. The number of fused-ring (bicyclic) bond motifs is 1. The van der Waals surface area contributed by atoms with Gasteiger partial charge in [-0.15, -0.1) is 0 Å². The van der Waals surface area contributed by atoms with Crippen LogP contribution in [0.15, 0.2) is 18.2 Å². The molecule has 1 saturated heterocycles. The lowest BCUT2D eigenvalue weighted by Gasteiger charge is -2.19. The van der Waals surface area contributed by atoms with E-state index in [1.54, 1.807) is 0 Å². The number of anilines is 2. The second-order valence-electron chi connectivity index (χ2n) is 5.55. The van der Waals surface area contributed by atoms with Crippen molar-refractivity contribution in [2.75, 3.05) is 35.4 Å². The number of carbonyl (C=O) groups excluding carboxylic acids is 1. The number of rotatable bonds is 4. The van der Waals surface area contributed by atoms with Crippen LogP contribution in [0.4, 0.5) is 15.8 Å². The van der Waals surface area contributed by atoms with Crippen molar-refractivity contribution in [1.29, 1.82) is 0 Å². The number of halogens is 1. The van der Waals surface area contributed by atoms with Crippen molar-refractivity contribution < 1.29 is 22.3 Å². The molecule has 0 spiro atoms. The lowest BCUT2D eigenvalue weighted by atomic mass is 10.2. The predicted octanol–water partition coefficient (Wildman–Crippen LogP) is 0.622. The molecule has 1 unspecified atom stereocenters. The van der Waals surface area contributed by atoms with E-state index in [0.29, 0.717) is 18.8 Å². The fourth-order valence-corrected chi connectivity index (χ4v) is 4.12. The van der Waals surface area contributed by atoms with Gasteiger partial charge in [0.15, 0.2) is 0 Å². The molecule has 1 amide bonds. The zero-order valence-electron chi connectivity index (χ0n) is 12.7. The lowest BCUT2D eigenvalue weighted by Crippen LogP contribution is -2.44. The first-order chi connectivity index (χ1) is 10.9. The van der Waals surface area contributed by atoms with Crippen molar-refractivity contribution in [1.82, 2.24) is 5.32 Å². The fraction of sp³-hybridized carbons (Fsp3) is 0.500. The van der Waals surface area contributed by atoms with Crippen LogP contribution in [0.5, 0.6) is 0 Å². The van der Waals surface area contributed by atoms with Gasteiger partial charge >= 0.3 is 10.2 Å². The van der Waals surface area contributed by atoms with E-state index in [0.717, 1.165) is 27.5 Å². The minimum atomic E-state index is -3.87. The van der Waals surface area contributed by atoms with Crippen LogP contribution in [0.25, 0.3) is 0 Å². The van der Waals surface area contributed by atoms with E-state index in [1.165, 1.54) is 19.2 Å². The number of nitrogens with zero attached hydrogens (tertiary/aromatic N) is 2. The van der Waals surface area contributed by atoms with Gasteiger partial charge in [-0.25, -0.2) is 8.70 Å². The second kappa shape index (κ2) is 5.97. The molecule has 0 radical (unpaired) electrons. The van der Waals surface area contributed by atoms with Crippen molar-refractivity contribution >= 4 is 27.5 Å². The smallest absolute Gasteiger partial charge is 0.326 e. The molecule has 1 N–H and O–H groups in total. The molecule has 1 atom stereocenters. The van der Waals surface area contributed by atoms with Gasteiger partial charge in [-0.05, 0) is 25.0 Å². The molecule has 9 heteroatoms. The molecular formula is C14H18FN3O4S. The maximum absolute atomic E-state index is 13.4. The third-order valence-corrected chi connectivity index (χ3v) is 5.78. The largest absolute Gasteiger partial charge is 0.376 e. The Labute approximate surface area is 134 Å². The van der Waals surface area contributed by atoms with E-state index >= 15 is 0 Å². The van der Waals surface area contributed by atoms with Gasteiger partial charge in [0.25, 0.3) is 0 Å². The summed E-state index contributed by atoms with van der Waals surface area (Å²) in [5, 5.41) is 2.67. The molecule has 23 heavy (non-hydrogen) atoms. The van der Waals surface area contributed by atoms with Gasteiger partial charge in [0, 0.05) is 26.3 Å². The summed E-state index contributed by atoms with van der Waals surface area (Å²) >= 11 is 0. The van der Waals surface area contributed by atoms with Crippen molar-refractivity contribution in [3.8, 4) is 0 Å². The van der Waals surface area contributed by atoms with E-state index in [2.05, 4.69) is 5.32 Å². The average molecular weight is 343 g/mol. The summed E-state index contributed by atoms with van der Waals surface area (Å²) < 4.78 is 45.6. The minimum absolute atomic E-state index is 0.0264. The van der Waals surface area contributed by atoms with Crippen LogP contribution in [0.3, 0.4) is 0 Å². The first-order valence-corrected chi connectivity index (χ1v) is 8.74. The molecular weight excluding hydrogens is 325 g/mol. The van der Waals surface area contributed by atoms with Crippen LogP contribution in [0.1, 0.15) is 12.8 Å². The van der Waals surface area contributed by atoms with Gasteiger partial charge < -0.3 is 10.1 Å². The highest BCUT2D eigenvalue weighted by Gasteiger charge is 2.39. The van der Waals surface area contributed by atoms with Crippen molar-refractivity contribution in [2.45, 2.75) is 18.9 Å². The summed E-state index contributed by atoms with van der Waals surface area (Å²) in [4.78, 5) is 12.1. The first-order valence-electron chi connectivity index (χ1n) is 7.34. The van der Waals surface area contributed by atoms with E-state index in [4.69, 9.17) is 4.74 Å². The summed E-state index contributed by atoms with van der Waals surface area (Å²) in [6.07, 6.45) is 1.80. The molecule has 0 aromatic heterocycles. The average Bonchev–Trinajstić information content (AvgIpc) is 3.08. The summed E-state index contributed by atoms with van der Waals surface area (Å²) in [5.74, 6) is -1.01. The Morgan fingerprint density at radius 2 is 2.22 bits per heavy atom. The highest BCUT2D eigenvalue weighted by Crippen LogP contribution is 2.39. The first kappa shape index (κ1) is 16.0. The summed E-state index contributed by atoms with van der Waals surface area (Å²) in [7, 11) is -2.49. The summed E-state index contributed by atoms with van der Waals surface area (Å²) in [5.41, 5.74) is 0.512. The molecule has 2 aliphatic rings. The maximum atomic E-state index is 13.4. The molecule has 0 aliphatic carbocycles. The van der Waals surface area contributed by atoms with Gasteiger partial charge in [0.2, 0.25) is 5.91 Å². The van der Waals surface area contributed by atoms with Gasteiger partial charge in [-0.1, -0.05) is 0 Å². The van der Waals surface area contributed by atoms with Crippen molar-refractivity contribution in [3.63, 3.8) is 0 Å². The highest BCUT2D eigenvalue weighted by molar-refractivity contribution is 7.94. The highest BCUT2D eigenvalue weighted by atomic mass is 32.2. The van der Waals surface area contributed by atoms with Crippen LogP contribution < -0.4 is 13.9 Å². The predicted molar refractivity (Wildman–Crippen MR) is 83.1 cm³/mol. The number of hydrogen-bond donors (Lipinski definition) is 1. The zero-order chi connectivity index (χ0) is 16.6. The Morgan fingerprint density at radius 1 is 1.43 bits per heavy atom. The Bertz CT molecular complexity index is 719. The number of carbonyl (C=O) groups is 1. The third kappa shape index (κ3) is 2.98. The Kier molecular flexibility index (Phi) is 4.15. The molecule has 3 rings (SSSR count). The standard InChI is InChI=1S/C14H18FN3O4S/c1-17-12-5-4-10(15)7-13(12)18(23(17,20)21)9-14(19)16-8-11-3-2-6-22-11/h4-5,7,11H,2-3,6,8-9H2,1H3,(H,16,19). The number of amides is 1. The minimum Gasteiger partial charge on any atom is -0.376 e. The fourth-order valence-electron chi connectivity index (χ4n) is 2.75. The number of nitrogens with one attached hydrogen (secondary N) is 1. The van der Waals surface area contributed by atoms with E-state index in [1.807, 2.05) is 0 Å². The molecule has 126 valence electrons. The molecule has 1 fully saturated rings. The van der Waals surface area contributed by atoms with Crippen LogP contribution in [-0.4, -0.2) is 47.2 Å². The molecule has 2 heterocycles. The Balaban J connectivity index is 1.73. The molecule has 2 aliphatic heterocycles. The molecule has 0 bridgehead atoms. The second-order valence-corrected chi connectivity index (χ2v) is 7.44. The number of ether oxygens (including phenoxy) is 1. The van der Waals surface area contributed by atoms with Gasteiger partial charge in [0.1, 0.15) is 12.4 Å². The lowest BCUT2D eigenvalue weighted by molar-refractivity contribution is -0.120. The quantitative estimate of drug-likeness (QED) is 0.869. The third-order valence-electron chi connectivity index (χ3n) is 4.01. The molecule has 1 aromatic rings. The van der Waals surface area contributed by atoms with Gasteiger partial charge in [-0.3, -0.25) is 9.10 Å². The number of benzene rings is 1. The van der Waals surface area contributed by atoms with Crippen molar-refractivity contribution in [2.24, 2.45) is 0 Å². The summed E-state index contributed by atoms with van der Waals surface area (Å²) in [6.45, 7) is 0.632. The topological polar surface area (TPSA) is 79.0 Å². The van der Waals surface area contributed by atoms with Crippen LogP contribution in [-0.2, 0) is 19.7 Å².